The van der Waals surface area contributed by atoms with Crippen LogP contribution in [0.2, 0.25) is 0 Å². The standard InChI is InChI=1S/C18H22N4O/c1-21-14-6-7-15(21)12-22(11-14)18-9-8-17(19-20-18)13-4-3-5-16(10-13)23-2/h3-5,8-10,14-15H,6-7,11-12H2,1-2H3. The molecule has 2 unspecified atom stereocenters. The quantitative estimate of drug-likeness (QED) is 0.871. The number of rotatable bonds is 3. The maximum absolute atomic E-state index is 5.27. The van der Waals surface area contributed by atoms with E-state index in [9.17, 15) is 0 Å². The highest BCUT2D eigenvalue weighted by molar-refractivity contribution is 5.61. The number of anilines is 1. The van der Waals surface area contributed by atoms with E-state index < -0.39 is 0 Å². The molecule has 1 aromatic carbocycles. The summed E-state index contributed by atoms with van der Waals surface area (Å²) in [5.41, 5.74) is 1.91. The van der Waals surface area contributed by atoms with Gasteiger partial charge in [-0.25, -0.2) is 0 Å². The predicted octanol–water partition coefficient (Wildman–Crippen LogP) is 2.44. The first-order valence-corrected chi connectivity index (χ1v) is 8.19. The van der Waals surface area contributed by atoms with E-state index in [0.29, 0.717) is 12.1 Å². The van der Waals surface area contributed by atoms with Gasteiger partial charge in [-0.2, -0.15) is 0 Å². The Labute approximate surface area is 136 Å². The molecule has 120 valence electrons. The highest BCUT2D eigenvalue weighted by Gasteiger charge is 2.37. The summed E-state index contributed by atoms with van der Waals surface area (Å²) < 4.78 is 5.27. The number of methoxy groups -OCH3 is 1. The van der Waals surface area contributed by atoms with Gasteiger partial charge in [0.05, 0.1) is 12.8 Å². The van der Waals surface area contributed by atoms with Crippen molar-refractivity contribution in [3.05, 3.63) is 36.4 Å². The number of fused-ring (bicyclic) bond motifs is 2. The second kappa shape index (κ2) is 5.81. The molecular formula is C18H22N4O. The Morgan fingerprint density at radius 2 is 1.83 bits per heavy atom. The van der Waals surface area contributed by atoms with Crippen LogP contribution in [0, 0.1) is 0 Å². The third-order valence-corrected chi connectivity index (χ3v) is 5.19. The second-order valence-electron chi connectivity index (χ2n) is 6.46. The topological polar surface area (TPSA) is 41.5 Å². The third kappa shape index (κ3) is 2.65. The van der Waals surface area contributed by atoms with Crippen LogP contribution in [-0.4, -0.2) is 54.4 Å². The Bertz CT molecular complexity index is 674. The van der Waals surface area contributed by atoms with E-state index in [1.165, 1.54) is 12.8 Å². The predicted molar refractivity (Wildman–Crippen MR) is 90.8 cm³/mol. The Morgan fingerprint density at radius 3 is 2.48 bits per heavy atom. The number of nitrogens with zero attached hydrogens (tertiary/aromatic N) is 4. The van der Waals surface area contributed by atoms with Crippen molar-refractivity contribution in [2.75, 3.05) is 32.1 Å². The summed E-state index contributed by atoms with van der Waals surface area (Å²) >= 11 is 0. The largest absolute Gasteiger partial charge is 0.497 e. The lowest BCUT2D eigenvalue weighted by molar-refractivity contribution is 0.211. The minimum absolute atomic E-state index is 0.661. The fourth-order valence-corrected chi connectivity index (χ4v) is 3.73. The zero-order chi connectivity index (χ0) is 15.8. The monoisotopic (exact) mass is 310 g/mol. The molecule has 5 heteroatoms. The first-order chi connectivity index (χ1) is 11.2. The fourth-order valence-electron chi connectivity index (χ4n) is 3.73. The summed E-state index contributed by atoms with van der Waals surface area (Å²) in [7, 11) is 3.92. The second-order valence-corrected chi connectivity index (χ2v) is 6.46. The molecule has 0 spiro atoms. The van der Waals surface area contributed by atoms with Crippen LogP contribution in [0.5, 0.6) is 5.75 Å². The van der Waals surface area contributed by atoms with E-state index in [4.69, 9.17) is 4.74 Å². The number of benzene rings is 1. The van der Waals surface area contributed by atoms with E-state index in [0.717, 1.165) is 35.9 Å². The molecule has 5 nitrogen and oxygen atoms in total. The lowest BCUT2D eigenvalue weighted by Crippen LogP contribution is -2.52. The highest BCUT2D eigenvalue weighted by atomic mass is 16.5. The van der Waals surface area contributed by atoms with Crippen LogP contribution in [0.1, 0.15) is 12.8 Å². The molecule has 0 N–H and O–H groups in total. The van der Waals surface area contributed by atoms with Crippen LogP contribution in [-0.2, 0) is 0 Å². The van der Waals surface area contributed by atoms with Crippen LogP contribution < -0.4 is 9.64 Å². The van der Waals surface area contributed by atoms with Gasteiger partial charge in [0.1, 0.15) is 5.75 Å². The van der Waals surface area contributed by atoms with E-state index in [2.05, 4.69) is 39.2 Å². The van der Waals surface area contributed by atoms with Gasteiger partial charge in [-0.15, -0.1) is 10.2 Å². The molecule has 0 saturated carbocycles. The number of hydrogen-bond donors (Lipinski definition) is 0. The van der Waals surface area contributed by atoms with Gasteiger partial charge in [0.25, 0.3) is 0 Å². The molecule has 23 heavy (non-hydrogen) atoms. The number of piperazine rings is 1. The number of hydrogen-bond acceptors (Lipinski definition) is 5. The molecule has 2 fully saturated rings. The average Bonchev–Trinajstić information content (AvgIpc) is 2.83. The molecule has 0 amide bonds. The Balaban J connectivity index is 1.54. The summed E-state index contributed by atoms with van der Waals surface area (Å²) in [5.74, 6) is 1.82. The van der Waals surface area contributed by atoms with Crippen LogP contribution in [0.15, 0.2) is 36.4 Å². The Hall–Kier alpha value is -2.14. The van der Waals surface area contributed by atoms with Crippen molar-refractivity contribution in [1.82, 2.24) is 15.1 Å². The molecule has 0 aliphatic carbocycles. The molecule has 2 aliphatic heterocycles. The summed E-state index contributed by atoms with van der Waals surface area (Å²) in [4.78, 5) is 4.90. The first kappa shape index (κ1) is 14.5. The lowest BCUT2D eigenvalue weighted by atomic mass is 10.1. The maximum Gasteiger partial charge on any atom is 0.151 e. The van der Waals surface area contributed by atoms with Crippen molar-refractivity contribution < 1.29 is 4.74 Å². The summed E-state index contributed by atoms with van der Waals surface area (Å²) in [6.45, 7) is 2.11. The number of aromatic nitrogens is 2. The Morgan fingerprint density at radius 1 is 1.04 bits per heavy atom. The molecular weight excluding hydrogens is 288 g/mol. The van der Waals surface area contributed by atoms with E-state index >= 15 is 0 Å². The first-order valence-electron chi connectivity index (χ1n) is 8.19. The molecule has 3 heterocycles. The molecule has 2 atom stereocenters. The van der Waals surface area contributed by atoms with Crippen molar-refractivity contribution in [2.45, 2.75) is 24.9 Å². The van der Waals surface area contributed by atoms with Crippen LogP contribution in [0.3, 0.4) is 0 Å². The van der Waals surface area contributed by atoms with Crippen LogP contribution in [0.4, 0.5) is 5.82 Å². The van der Waals surface area contributed by atoms with Gasteiger partial charge in [0.15, 0.2) is 5.82 Å². The molecule has 2 aliphatic rings. The van der Waals surface area contributed by atoms with E-state index in [-0.39, 0.29) is 0 Å². The lowest BCUT2D eigenvalue weighted by Gasteiger charge is -2.39. The fraction of sp³-hybridized carbons (Fsp3) is 0.444. The van der Waals surface area contributed by atoms with Crippen LogP contribution >= 0.6 is 0 Å². The average molecular weight is 310 g/mol. The smallest absolute Gasteiger partial charge is 0.151 e. The third-order valence-electron chi connectivity index (χ3n) is 5.19. The summed E-state index contributed by atoms with van der Waals surface area (Å²) in [6.07, 6.45) is 2.60. The van der Waals surface area contributed by atoms with Gasteiger partial charge in [0.2, 0.25) is 0 Å². The van der Waals surface area contributed by atoms with E-state index in [1.54, 1.807) is 7.11 Å². The SMILES string of the molecule is COc1cccc(-c2ccc(N3CC4CCC(C3)N4C)nn2)c1. The van der Waals surface area contributed by atoms with E-state index in [1.807, 2.05) is 24.3 Å². The summed E-state index contributed by atoms with van der Waals surface area (Å²) in [6, 6.07) is 13.4. The van der Waals surface area contributed by atoms with Gasteiger partial charge in [-0.05, 0) is 44.2 Å². The van der Waals surface area contributed by atoms with Gasteiger partial charge >= 0.3 is 0 Å². The van der Waals surface area contributed by atoms with Crippen molar-refractivity contribution in [1.29, 1.82) is 0 Å². The zero-order valence-electron chi connectivity index (χ0n) is 13.6. The number of likely N-dealkylation sites (N-methyl/N-ethyl adjacent to an activating group) is 1. The van der Waals surface area contributed by atoms with Gasteiger partial charge in [-0.3, -0.25) is 4.90 Å². The number of ether oxygens (including phenoxy) is 1. The van der Waals surface area contributed by atoms with Gasteiger partial charge in [0, 0.05) is 30.7 Å². The molecule has 2 saturated heterocycles. The minimum atomic E-state index is 0.661. The van der Waals surface area contributed by atoms with Crippen molar-refractivity contribution >= 4 is 5.82 Å². The van der Waals surface area contributed by atoms with Gasteiger partial charge < -0.3 is 9.64 Å². The molecule has 2 bridgehead atoms. The van der Waals surface area contributed by atoms with Gasteiger partial charge in [-0.1, -0.05) is 12.1 Å². The van der Waals surface area contributed by atoms with Crippen molar-refractivity contribution in [2.24, 2.45) is 0 Å². The molecule has 0 radical (unpaired) electrons. The van der Waals surface area contributed by atoms with Crippen molar-refractivity contribution in [3.63, 3.8) is 0 Å². The Kier molecular flexibility index (Phi) is 3.65. The maximum atomic E-state index is 5.27. The highest BCUT2D eigenvalue weighted by Crippen LogP contribution is 2.31. The molecule has 1 aromatic heterocycles. The van der Waals surface area contributed by atoms with Crippen LogP contribution in [0.25, 0.3) is 11.3 Å². The summed E-state index contributed by atoms with van der Waals surface area (Å²) in [5, 5.41) is 8.90. The zero-order valence-corrected chi connectivity index (χ0v) is 13.6. The minimum Gasteiger partial charge on any atom is -0.497 e. The molecule has 4 rings (SSSR count). The molecule has 2 aromatic rings. The normalized spacial score (nSPS) is 24.0. The van der Waals surface area contributed by atoms with Crippen molar-refractivity contribution in [3.8, 4) is 17.0 Å².